The highest BCUT2D eigenvalue weighted by atomic mass is 32.1. The first kappa shape index (κ1) is 22.4. The number of hydrogen-bond donors (Lipinski definition) is 3. The number of amides is 2. The van der Waals surface area contributed by atoms with Crippen molar-refractivity contribution in [1.82, 2.24) is 15.2 Å². The normalized spacial score (nSPS) is 20.3. The van der Waals surface area contributed by atoms with Crippen molar-refractivity contribution in [3.05, 3.63) is 41.0 Å². The monoisotopic (exact) mass is 430 g/mol. The minimum atomic E-state index is -0.735. The van der Waals surface area contributed by atoms with Crippen LogP contribution in [0.15, 0.2) is 29.8 Å². The summed E-state index contributed by atoms with van der Waals surface area (Å²) in [6.45, 7) is 8.11. The summed E-state index contributed by atoms with van der Waals surface area (Å²) in [5, 5.41) is 13.0. The van der Waals surface area contributed by atoms with Crippen molar-refractivity contribution in [2.75, 3.05) is 6.54 Å². The van der Waals surface area contributed by atoms with E-state index in [-0.39, 0.29) is 24.8 Å². The predicted octanol–water partition coefficient (Wildman–Crippen LogP) is 2.07. The van der Waals surface area contributed by atoms with Gasteiger partial charge in [-0.15, -0.1) is 11.3 Å². The molecule has 1 aromatic carbocycles. The van der Waals surface area contributed by atoms with E-state index in [0.717, 1.165) is 21.7 Å². The molecule has 2 heterocycles. The van der Waals surface area contributed by atoms with Gasteiger partial charge in [0.1, 0.15) is 6.04 Å². The van der Waals surface area contributed by atoms with Gasteiger partial charge in [0.15, 0.2) is 0 Å². The Morgan fingerprint density at radius 3 is 2.57 bits per heavy atom. The molecule has 0 saturated carbocycles. The number of aliphatic hydroxyl groups excluding tert-OH is 1. The zero-order valence-corrected chi connectivity index (χ0v) is 18.7. The van der Waals surface area contributed by atoms with Crippen molar-refractivity contribution in [2.24, 2.45) is 11.1 Å². The van der Waals surface area contributed by atoms with Gasteiger partial charge in [-0.25, -0.2) is 4.98 Å². The highest BCUT2D eigenvalue weighted by molar-refractivity contribution is 7.13. The van der Waals surface area contributed by atoms with Crippen LogP contribution < -0.4 is 11.1 Å². The number of rotatable bonds is 5. The Kier molecular flexibility index (Phi) is 6.59. The summed E-state index contributed by atoms with van der Waals surface area (Å²) in [4.78, 5) is 32.4. The van der Waals surface area contributed by atoms with Gasteiger partial charge in [0.2, 0.25) is 11.8 Å². The number of carbonyl (C=O) groups is 2. The fourth-order valence-electron chi connectivity index (χ4n) is 3.51. The fourth-order valence-corrected chi connectivity index (χ4v) is 4.33. The van der Waals surface area contributed by atoms with Gasteiger partial charge in [-0.3, -0.25) is 9.59 Å². The summed E-state index contributed by atoms with van der Waals surface area (Å²) < 4.78 is 0. The first-order valence-electron chi connectivity index (χ1n) is 10.1. The second kappa shape index (κ2) is 8.83. The molecule has 2 aromatic rings. The average molecular weight is 431 g/mol. The minimum Gasteiger partial charge on any atom is -0.391 e. The third kappa shape index (κ3) is 4.88. The predicted molar refractivity (Wildman–Crippen MR) is 118 cm³/mol. The molecule has 0 aliphatic carbocycles. The number of aryl methyl sites for hydroxylation is 1. The number of likely N-dealkylation sites (tertiary alicyclic amines) is 1. The van der Waals surface area contributed by atoms with Crippen LogP contribution in [0.2, 0.25) is 0 Å². The maximum absolute atomic E-state index is 12.8. The number of carbonyl (C=O) groups excluding carboxylic acids is 2. The molecular formula is C22H30N4O3S. The van der Waals surface area contributed by atoms with Crippen LogP contribution in [0.5, 0.6) is 0 Å². The quantitative estimate of drug-likeness (QED) is 0.673. The van der Waals surface area contributed by atoms with Crippen molar-refractivity contribution in [3.8, 4) is 10.4 Å². The Balaban J connectivity index is 1.63. The zero-order chi connectivity index (χ0) is 22.1. The second-order valence-corrected chi connectivity index (χ2v) is 9.78. The number of nitrogens with two attached hydrogens (primary N) is 1. The first-order valence-corrected chi connectivity index (χ1v) is 11.0. The van der Waals surface area contributed by atoms with Crippen molar-refractivity contribution in [3.63, 3.8) is 0 Å². The van der Waals surface area contributed by atoms with Crippen LogP contribution in [-0.2, 0) is 16.1 Å². The lowest BCUT2D eigenvalue weighted by Crippen LogP contribution is -2.54. The Labute approximate surface area is 181 Å². The van der Waals surface area contributed by atoms with E-state index in [9.17, 15) is 14.7 Å². The molecule has 30 heavy (non-hydrogen) atoms. The van der Waals surface area contributed by atoms with Crippen molar-refractivity contribution in [2.45, 2.75) is 58.8 Å². The highest BCUT2D eigenvalue weighted by Crippen LogP contribution is 2.27. The molecule has 1 saturated heterocycles. The van der Waals surface area contributed by atoms with Crippen molar-refractivity contribution >= 4 is 23.2 Å². The van der Waals surface area contributed by atoms with Gasteiger partial charge in [0, 0.05) is 19.5 Å². The van der Waals surface area contributed by atoms with Gasteiger partial charge in [-0.05, 0) is 23.5 Å². The van der Waals surface area contributed by atoms with E-state index in [1.165, 1.54) is 4.90 Å². The Morgan fingerprint density at radius 2 is 2.00 bits per heavy atom. The molecule has 1 fully saturated rings. The van der Waals surface area contributed by atoms with Crippen LogP contribution in [0.3, 0.4) is 0 Å². The number of nitrogens with zero attached hydrogens (tertiary/aromatic N) is 2. The molecule has 0 spiro atoms. The van der Waals surface area contributed by atoms with E-state index in [1.807, 2.05) is 57.5 Å². The smallest absolute Gasteiger partial charge is 0.243 e. The molecule has 3 atom stereocenters. The average Bonchev–Trinajstić information content (AvgIpc) is 3.30. The maximum Gasteiger partial charge on any atom is 0.243 e. The molecule has 7 nitrogen and oxygen atoms in total. The van der Waals surface area contributed by atoms with Gasteiger partial charge in [-0.2, -0.15) is 0 Å². The van der Waals surface area contributed by atoms with Gasteiger partial charge >= 0.3 is 0 Å². The molecule has 0 unspecified atom stereocenters. The van der Waals surface area contributed by atoms with Crippen LogP contribution in [0, 0.1) is 12.3 Å². The van der Waals surface area contributed by atoms with Crippen LogP contribution in [-0.4, -0.2) is 51.5 Å². The summed E-state index contributed by atoms with van der Waals surface area (Å²) in [5.41, 5.74) is 10.6. The maximum atomic E-state index is 12.8. The van der Waals surface area contributed by atoms with Gasteiger partial charge in [0.25, 0.3) is 0 Å². The van der Waals surface area contributed by atoms with Crippen LogP contribution in [0.1, 0.15) is 38.4 Å². The summed E-state index contributed by atoms with van der Waals surface area (Å²) in [5.74, 6) is -0.577. The minimum absolute atomic E-state index is 0.129. The van der Waals surface area contributed by atoms with Crippen molar-refractivity contribution in [1.29, 1.82) is 0 Å². The van der Waals surface area contributed by atoms with Crippen molar-refractivity contribution < 1.29 is 14.7 Å². The fraction of sp³-hybridized carbons (Fsp3) is 0.500. The Morgan fingerprint density at radius 1 is 1.33 bits per heavy atom. The number of thiazole rings is 1. The summed E-state index contributed by atoms with van der Waals surface area (Å²) in [6, 6.07) is 6.52. The third-order valence-corrected chi connectivity index (χ3v) is 6.47. The molecule has 0 bridgehead atoms. The lowest BCUT2D eigenvalue weighted by atomic mass is 9.86. The summed E-state index contributed by atoms with van der Waals surface area (Å²) in [7, 11) is 0. The largest absolute Gasteiger partial charge is 0.391 e. The summed E-state index contributed by atoms with van der Waals surface area (Å²) >= 11 is 1.60. The van der Waals surface area contributed by atoms with E-state index in [2.05, 4.69) is 10.3 Å². The number of benzene rings is 1. The van der Waals surface area contributed by atoms with Crippen LogP contribution >= 0.6 is 11.3 Å². The molecule has 3 rings (SSSR count). The topological polar surface area (TPSA) is 109 Å². The molecule has 1 aliphatic heterocycles. The SMILES string of the molecule is Cc1ncsc1-c1ccc(CNC(=O)[C@H]2C[C@H](O)CN2C(=O)[C@H](N)C(C)(C)C)cc1. The molecular weight excluding hydrogens is 400 g/mol. The highest BCUT2D eigenvalue weighted by Gasteiger charge is 2.42. The van der Waals surface area contributed by atoms with Gasteiger partial charge in [-0.1, -0.05) is 45.0 Å². The lowest BCUT2D eigenvalue weighted by Gasteiger charge is -2.32. The molecule has 0 radical (unpaired) electrons. The van der Waals surface area contributed by atoms with E-state index in [1.54, 1.807) is 11.3 Å². The number of aliphatic hydroxyl groups is 1. The molecule has 1 aliphatic rings. The number of β-amino-alcohol motifs (C(OH)–C–C–N with tert-alkyl or cyclic N) is 1. The van der Waals surface area contributed by atoms with E-state index in [4.69, 9.17) is 5.73 Å². The molecule has 8 heteroatoms. The second-order valence-electron chi connectivity index (χ2n) is 8.92. The molecule has 4 N–H and O–H groups in total. The standard InChI is InChI=1S/C22H30N4O3S/c1-13-18(30-12-25-13)15-7-5-14(6-8-15)10-24-20(28)17-9-16(27)11-26(17)21(29)19(23)22(2,3)4/h5-8,12,16-17,19,27H,9-11,23H2,1-4H3,(H,24,28)/t16-,17+,19-/m0/s1. The Bertz CT molecular complexity index is 904. The van der Waals surface area contributed by atoms with E-state index in [0.29, 0.717) is 6.54 Å². The van der Waals surface area contributed by atoms with Gasteiger partial charge in [0.05, 0.1) is 28.2 Å². The lowest BCUT2D eigenvalue weighted by molar-refractivity contribution is -0.141. The summed E-state index contributed by atoms with van der Waals surface area (Å²) in [6.07, 6.45) is -0.503. The Hall–Kier alpha value is -2.29. The zero-order valence-electron chi connectivity index (χ0n) is 17.9. The number of hydrogen-bond acceptors (Lipinski definition) is 6. The van der Waals surface area contributed by atoms with E-state index < -0.39 is 23.6 Å². The van der Waals surface area contributed by atoms with E-state index >= 15 is 0 Å². The van der Waals surface area contributed by atoms with Crippen LogP contribution in [0.25, 0.3) is 10.4 Å². The number of nitrogens with one attached hydrogen (secondary N) is 1. The van der Waals surface area contributed by atoms with Gasteiger partial charge < -0.3 is 21.1 Å². The molecule has 1 aromatic heterocycles. The third-order valence-electron chi connectivity index (χ3n) is 5.49. The van der Waals surface area contributed by atoms with Crippen LogP contribution in [0.4, 0.5) is 0 Å². The first-order chi connectivity index (χ1) is 14.1. The number of aromatic nitrogens is 1. The molecule has 2 amide bonds. The molecule has 162 valence electrons.